The van der Waals surface area contributed by atoms with Crippen molar-refractivity contribution in [1.29, 1.82) is 0 Å². The number of aromatic nitrogens is 2. The van der Waals surface area contributed by atoms with E-state index in [0.29, 0.717) is 22.3 Å². The number of hydrogen-bond acceptors (Lipinski definition) is 4. The van der Waals surface area contributed by atoms with Crippen molar-refractivity contribution in [2.24, 2.45) is 0 Å². The maximum Gasteiger partial charge on any atom is 0.278 e. The van der Waals surface area contributed by atoms with Crippen molar-refractivity contribution in [3.8, 4) is 0 Å². The van der Waals surface area contributed by atoms with Crippen LogP contribution in [0.1, 0.15) is 26.4 Å². The summed E-state index contributed by atoms with van der Waals surface area (Å²) in [4.78, 5) is 27.1. The van der Waals surface area contributed by atoms with Gasteiger partial charge in [-0.15, -0.1) is 11.3 Å². The SMILES string of the molecule is O=C(c1ccccc1)c1nn(C(=O)c2ccccc2)c2c3ccccc3c3sccc3c12. The second-order valence-electron chi connectivity index (χ2n) is 7.56. The van der Waals surface area contributed by atoms with Gasteiger partial charge in [0.15, 0.2) is 0 Å². The molecule has 0 spiro atoms. The molecule has 0 radical (unpaired) electrons. The summed E-state index contributed by atoms with van der Waals surface area (Å²) in [7, 11) is 0. The van der Waals surface area contributed by atoms with E-state index < -0.39 is 0 Å². The molecule has 0 amide bonds. The van der Waals surface area contributed by atoms with Gasteiger partial charge in [-0.2, -0.15) is 9.78 Å². The molecule has 4 aromatic carbocycles. The van der Waals surface area contributed by atoms with E-state index >= 15 is 0 Å². The summed E-state index contributed by atoms with van der Waals surface area (Å²) in [5, 5.41) is 10.3. The van der Waals surface area contributed by atoms with Gasteiger partial charge in [0, 0.05) is 37.4 Å². The molecule has 5 heteroatoms. The fraction of sp³-hybridized carbons (Fsp3) is 0. The molecule has 0 fully saturated rings. The third kappa shape index (κ3) is 2.72. The van der Waals surface area contributed by atoms with Crippen LogP contribution >= 0.6 is 11.3 Å². The molecule has 0 saturated heterocycles. The highest BCUT2D eigenvalue weighted by atomic mass is 32.1. The van der Waals surface area contributed by atoms with Gasteiger partial charge >= 0.3 is 0 Å². The van der Waals surface area contributed by atoms with Gasteiger partial charge in [0.05, 0.1) is 5.52 Å². The van der Waals surface area contributed by atoms with Crippen LogP contribution in [0, 0.1) is 0 Å². The molecule has 6 aromatic rings. The molecule has 2 heterocycles. The zero-order chi connectivity index (χ0) is 21.7. The Morgan fingerprint density at radius 2 is 1.31 bits per heavy atom. The van der Waals surface area contributed by atoms with E-state index in [2.05, 4.69) is 11.2 Å². The summed E-state index contributed by atoms with van der Waals surface area (Å²) in [6.45, 7) is 0. The Labute approximate surface area is 187 Å². The molecule has 0 bridgehead atoms. The number of ketones is 1. The fourth-order valence-electron chi connectivity index (χ4n) is 4.26. The van der Waals surface area contributed by atoms with Crippen LogP contribution in [0.25, 0.3) is 31.8 Å². The first kappa shape index (κ1) is 18.7. The third-order valence-corrected chi connectivity index (χ3v) is 6.66. The lowest BCUT2D eigenvalue weighted by Gasteiger charge is -2.07. The number of nitrogens with zero attached hydrogens (tertiary/aromatic N) is 2. The predicted molar refractivity (Wildman–Crippen MR) is 129 cm³/mol. The van der Waals surface area contributed by atoms with Crippen LogP contribution in [0.2, 0.25) is 0 Å². The highest BCUT2D eigenvalue weighted by Crippen LogP contribution is 2.40. The van der Waals surface area contributed by atoms with E-state index in [-0.39, 0.29) is 11.7 Å². The lowest BCUT2D eigenvalue weighted by Crippen LogP contribution is -2.14. The van der Waals surface area contributed by atoms with Crippen molar-refractivity contribution in [2.45, 2.75) is 0 Å². The van der Waals surface area contributed by atoms with Crippen molar-refractivity contribution in [3.63, 3.8) is 0 Å². The molecule has 4 nitrogen and oxygen atoms in total. The molecule has 0 unspecified atom stereocenters. The van der Waals surface area contributed by atoms with Gasteiger partial charge in [-0.3, -0.25) is 9.59 Å². The molecular formula is C27H16N2O2S. The number of benzene rings is 4. The minimum absolute atomic E-state index is 0.196. The maximum atomic E-state index is 13.6. The number of thiophene rings is 1. The number of hydrogen-bond donors (Lipinski definition) is 0. The summed E-state index contributed by atoms with van der Waals surface area (Å²) >= 11 is 1.63. The van der Waals surface area contributed by atoms with Crippen LogP contribution in [0.15, 0.2) is 96.4 Å². The zero-order valence-corrected chi connectivity index (χ0v) is 17.7. The van der Waals surface area contributed by atoms with E-state index in [1.165, 1.54) is 4.68 Å². The Balaban J connectivity index is 1.76. The Hall–Kier alpha value is -4.09. The lowest BCUT2D eigenvalue weighted by molar-refractivity contribution is 0.0949. The Morgan fingerprint density at radius 3 is 2.03 bits per heavy atom. The van der Waals surface area contributed by atoms with Gasteiger partial charge in [-0.05, 0) is 23.6 Å². The summed E-state index contributed by atoms with van der Waals surface area (Å²) in [5.74, 6) is -0.458. The first-order valence-corrected chi connectivity index (χ1v) is 11.1. The zero-order valence-electron chi connectivity index (χ0n) is 16.9. The van der Waals surface area contributed by atoms with Gasteiger partial charge in [0.25, 0.3) is 5.91 Å². The van der Waals surface area contributed by atoms with Gasteiger partial charge in [0.2, 0.25) is 5.78 Å². The maximum absolute atomic E-state index is 13.6. The Morgan fingerprint density at radius 1 is 0.688 bits per heavy atom. The number of carbonyl (C=O) groups is 2. The molecule has 152 valence electrons. The lowest BCUT2D eigenvalue weighted by atomic mass is 9.99. The first-order chi connectivity index (χ1) is 15.7. The van der Waals surface area contributed by atoms with Crippen molar-refractivity contribution in [2.75, 3.05) is 0 Å². The molecule has 6 rings (SSSR count). The minimum Gasteiger partial charge on any atom is -0.287 e. The molecular weight excluding hydrogens is 416 g/mol. The monoisotopic (exact) mass is 432 g/mol. The summed E-state index contributed by atoms with van der Waals surface area (Å²) in [5.41, 5.74) is 2.03. The van der Waals surface area contributed by atoms with Gasteiger partial charge in [-0.1, -0.05) is 72.8 Å². The van der Waals surface area contributed by atoms with Crippen molar-refractivity contribution in [3.05, 3.63) is 113 Å². The van der Waals surface area contributed by atoms with Crippen LogP contribution in [0.4, 0.5) is 0 Å². The van der Waals surface area contributed by atoms with E-state index in [1.54, 1.807) is 35.6 Å². The summed E-state index contributed by atoms with van der Waals surface area (Å²) in [6, 6.07) is 28.1. The Kier molecular flexibility index (Phi) is 4.23. The van der Waals surface area contributed by atoms with E-state index in [9.17, 15) is 9.59 Å². The molecule has 0 aliphatic heterocycles. The molecule has 2 aromatic heterocycles. The molecule has 0 N–H and O–H groups in total. The predicted octanol–water partition coefficient (Wildman–Crippen LogP) is 6.32. The van der Waals surface area contributed by atoms with Crippen molar-refractivity contribution in [1.82, 2.24) is 9.78 Å². The Bertz CT molecular complexity index is 1650. The average molecular weight is 433 g/mol. The average Bonchev–Trinajstić information content (AvgIpc) is 3.50. The van der Waals surface area contributed by atoms with Crippen molar-refractivity contribution >= 4 is 54.8 Å². The minimum atomic E-state index is -0.262. The number of rotatable bonds is 3. The highest BCUT2D eigenvalue weighted by Gasteiger charge is 2.26. The van der Waals surface area contributed by atoms with E-state index in [0.717, 1.165) is 26.2 Å². The largest absolute Gasteiger partial charge is 0.287 e. The number of carbonyl (C=O) groups excluding carboxylic acids is 2. The van der Waals surface area contributed by atoms with Crippen LogP contribution < -0.4 is 0 Å². The van der Waals surface area contributed by atoms with Crippen LogP contribution in [-0.4, -0.2) is 21.5 Å². The van der Waals surface area contributed by atoms with E-state index in [1.807, 2.05) is 66.0 Å². The smallest absolute Gasteiger partial charge is 0.278 e. The number of fused-ring (bicyclic) bond motifs is 6. The van der Waals surface area contributed by atoms with Crippen molar-refractivity contribution < 1.29 is 9.59 Å². The normalized spacial score (nSPS) is 11.4. The fourth-order valence-corrected chi connectivity index (χ4v) is 5.20. The second kappa shape index (κ2) is 7.25. The highest BCUT2D eigenvalue weighted by molar-refractivity contribution is 7.18. The first-order valence-electron chi connectivity index (χ1n) is 10.2. The summed E-state index contributed by atoms with van der Waals surface area (Å²) < 4.78 is 2.49. The van der Waals surface area contributed by atoms with Crippen LogP contribution in [0.5, 0.6) is 0 Å². The molecule has 0 atom stereocenters. The van der Waals surface area contributed by atoms with Gasteiger partial charge in [-0.25, -0.2) is 0 Å². The molecule has 0 saturated carbocycles. The second-order valence-corrected chi connectivity index (χ2v) is 8.48. The van der Waals surface area contributed by atoms with Crippen LogP contribution in [0.3, 0.4) is 0 Å². The van der Waals surface area contributed by atoms with E-state index in [4.69, 9.17) is 0 Å². The molecule has 0 aliphatic carbocycles. The standard InChI is InChI=1S/C27H16N2O2S/c30-25(17-9-3-1-4-10-17)23-22-21-15-16-32-26(21)20-14-8-7-13-19(20)24(22)29(28-23)27(31)18-11-5-2-6-12-18/h1-16H. The van der Waals surface area contributed by atoms with Gasteiger partial charge < -0.3 is 0 Å². The molecule has 0 aliphatic rings. The van der Waals surface area contributed by atoms with Crippen LogP contribution in [-0.2, 0) is 0 Å². The quantitative estimate of drug-likeness (QED) is 0.307. The topological polar surface area (TPSA) is 52.0 Å². The third-order valence-electron chi connectivity index (χ3n) is 5.71. The summed E-state index contributed by atoms with van der Waals surface area (Å²) in [6.07, 6.45) is 0. The molecule has 32 heavy (non-hydrogen) atoms. The van der Waals surface area contributed by atoms with Gasteiger partial charge in [0.1, 0.15) is 5.69 Å².